The lowest BCUT2D eigenvalue weighted by Crippen LogP contribution is -1.98. The van der Waals surface area contributed by atoms with Gasteiger partial charge in [0, 0.05) is 12.8 Å². The van der Waals surface area contributed by atoms with Gasteiger partial charge in [-0.05, 0) is 6.42 Å². The minimum atomic E-state index is -0.204. The smallest absolute Gasteiger partial charge is 0.306 e. The highest BCUT2D eigenvalue weighted by atomic mass is 16.5. The molecule has 0 rings (SSSR count). The maximum Gasteiger partial charge on any atom is 0.306 e. The molecule has 0 aromatic heterocycles. The maximum atomic E-state index is 10.8. The summed E-state index contributed by atoms with van der Waals surface area (Å²) in [6.45, 7) is 2.25. The fourth-order valence-corrected chi connectivity index (χ4v) is 1.96. The van der Waals surface area contributed by atoms with Crippen molar-refractivity contribution in [1.29, 1.82) is 0 Å². The monoisotopic (exact) mass is 290 g/mol. The third-order valence-electron chi connectivity index (χ3n) is 3.26. The molecule has 0 amide bonds. The quantitative estimate of drug-likeness (QED) is 0.326. The zero-order chi connectivity index (χ0) is 15.6. The van der Waals surface area contributed by atoms with Crippen LogP contribution in [0.1, 0.15) is 84.0 Å². The predicted molar refractivity (Wildman–Crippen MR) is 88.6 cm³/mol. The molecule has 0 spiro atoms. The Bertz CT molecular complexity index is 362. The Morgan fingerprint density at radius 2 is 1.38 bits per heavy atom. The van der Waals surface area contributed by atoms with Crippen LogP contribution in [0.5, 0.6) is 0 Å². The number of ether oxygens (including phenoxy) is 1. The van der Waals surface area contributed by atoms with Crippen LogP contribution >= 0.6 is 0 Å². The predicted octanol–water partition coefficient (Wildman–Crippen LogP) is 4.87. The lowest BCUT2D eigenvalue weighted by molar-refractivity contribution is -0.140. The first kappa shape index (κ1) is 19.6. The van der Waals surface area contributed by atoms with Crippen molar-refractivity contribution in [3.8, 4) is 23.7 Å². The second kappa shape index (κ2) is 16.6. The van der Waals surface area contributed by atoms with Crippen molar-refractivity contribution in [3.63, 3.8) is 0 Å². The summed E-state index contributed by atoms with van der Waals surface area (Å²) in [6, 6.07) is 0. The highest BCUT2D eigenvalue weighted by Gasteiger charge is 1.95. The molecule has 0 fully saturated rings. The average Bonchev–Trinajstić information content (AvgIpc) is 2.50. The minimum Gasteiger partial charge on any atom is -0.469 e. The molecule has 0 atom stereocenters. The van der Waals surface area contributed by atoms with Gasteiger partial charge in [-0.15, -0.1) is 11.8 Å². The van der Waals surface area contributed by atoms with Crippen LogP contribution < -0.4 is 0 Å². The van der Waals surface area contributed by atoms with Gasteiger partial charge in [0.05, 0.1) is 20.0 Å². The van der Waals surface area contributed by atoms with E-state index in [0.29, 0.717) is 19.3 Å². The first-order chi connectivity index (χ1) is 10.3. The number of carbonyl (C=O) groups is 1. The molecule has 0 unspecified atom stereocenters. The standard InChI is InChI=1S/C19H30O2/c1-3-4-5-6-7-8-9-10-11-12-13-14-15-16-17-18-19(20)21-2/h3-11,14,17-18H2,1-2H3. The van der Waals surface area contributed by atoms with E-state index in [4.69, 9.17) is 0 Å². The first-order valence-electron chi connectivity index (χ1n) is 8.29. The molecule has 0 radical (unpaired) electrons. The maximum absolute atomic E-state index is 10.8. The summed E-state index contributed by atoms with van der Waals surface area (Å²) in [5.74, 6) is 11.9. The van der Waals surface area contributed by atoms with Crippen molar-refractivity contribution in [1.82, 2.24) is 0 Å². The first-order valence-corrected chi connectivity index (χ1v) is 8.29. The van der Waals surface area contributed by atoms with Gasteiger partial charge in [-0.25, -0.2) is 0 Å². The third kappa shape index (κ3) is 16.5. The van der Waals surface area contributed by atoms with Crippen molar-refractivity contribution in [3.05, 3.63) is 0 Å². The summed E-state index contributed by atoms with van der Waals surface area (Å²) in [4.78, 5) is 10.8. The van der Waals surface area contributed by atoms with E-state index in [1.165, 1.54) is 58.5 Å². The minimum absolute atomic E-state index is 0.204. The molecule has 2 heteroatoms. The van der Waals surface area contributed by atoms with E-state index in [1.807, 2.05) is 0 Å². The van der Waals surface area contributed by atoms with E-state index in [2.05, 4.69) is 35.3 Å². The molecule has 21 heavy (non-hydrogen) atoms. The molecule has 0 saturated carbocycles. The summed E-state index contributed by atoms with van der Waals surface area (Å²) in [5.41, 5.74) is 0. The second-order valence-corrected chi connectivity index (χ2v) is 5.18. The summed E-state index contributed by atoms with van der Waals surface area (Å²) < 4.78 is 4.53. The lowest BCUT2D eigenvalue weighted by atomic mass is 10.1. The van der Waals surface area contributed by atoms with E-state index >= 15 is 0 Å². The zero-order valence-corrected chi connectivity index (χ0v) is 13.8. The van der Waals surface area contributed by atoms with E-state index < -0.39 is 0 Å². The molecule has 118 valence electrons. The Kier molecular flexibility index (Phi) is 15.5. The van der Waals surface area contributed by atoms with Crippen LogP contribution in [0, 0.1) is 23.7 Å². The van der Waals surface area contributed by atoms with Crippen LogP contribution in [0.3, 0.4) is 0 Å². The van der Waals surface area contributed by atoms with E-state index in [0.717, 1.165) is 6.42 Å². The Hall–Kier alpha value is -1.41. The van der Waals surface area contributed by atoms with Crippen LogP contribution in [0.4, 0.5) is 0 Å². The van der Waals surface area contributed by atoms with Gasteiger partial charge < -0.3 is 4.74 Å². The van der Waals surface area contributed by atoms with Gasteiger partial charge in [0.15, 0.2) is 0 Å². The average molecular weight is 290 g/mol. The Balaban J connectivity index is 3.31. The van der Waals surface area contributed by atoms with Crippen molar-refractivity contribution in [2.24, 2.45) is 0 Å². The van der Waals surface area contributed by atoms with E-state index in [-0.39, 0.29) is 5.97 Å². The number of hydrogen-bond acceptors (Lipinski definition) is 2. The van der Waals surface area contributed by atoms with Gasteiger partial charge in [0.25, 0.3) is 0 Å². The molecule has 0 bridgehead atoms. The third-order valence-corrected chi connectivity index (χ3v) is 3.26. The topological polar surface area (TPSA) is 26.3 Å². The zero-order valence-electron chi connectivity index (χ0n) is 13.8. The fraction of sp³-hybridized carbons (Fsp3) is 0.737. The van der Waals surface area contributed by atoms with Crippen LogP contribution in [0.2, 0.25) is 0 Å². The number of hydrogen-bond donors (Lipinski definition) is 0. The fourth-order valence-electron chi connectivity index (χ4n) is 1.96. The van der Waals surface area contributed by atoms with Gasteiger partial charge in [0.2, 0.25) is 0 Å². The highest BCUT2D eigenvalue weighted by Crippen LogP contribution is 2.09. The summed E-state index contributed by atoms with van der Waals surface area (Å²) in [5, 5.41) is 0. The van der Waals surface area contributed by atoms with E-state index in [9.17, 15) is 4.79 Å². The largest absolute Gasteiger partial charge is 0.469 e. The van der Waals surface area contributed by atoms with Crippen LogP contribution in [-0.2, 0) is 9.53 Å². The number of unbranched alkanes of at least 4 members (excludes halogenated alkanes) is 8. The summed E-state index contributed by atoms with van der Waals surface area (Å²) in [7, 11) is 1.40. The van der Waals surface area contributed by atoms with E-state index in [1.54, 1.807) is 0 Å². The molecule has 0 aromatic rings. The highest BCUT2D eigenvalue weighted by molar-refractivity contribution is 5.69. The number of carbonyl (C=O) groups excluding carboxylic acids is 1. The number of rotatable bonds is 10. The lowest BCUT2D eigenvalue weighted by Gasteiger charge is -1.99. The Labute approximate surface area is 131 Å². The normalized spacial score (nSPS) is 9.24. The van der Waals surface area contributed by atoms with Crippen molar-refractivity contribution >= 4 is 5.97 Å². The molecular formula is C19H30O2. The Morgan fingerprint density at radius 1 is 0.810 bits per heavy atom. The molecular weight excluding hydrogens is 260 g/mol. The number of esters is 1. The van der Waals surface area contributed by atoms with Crippen molar-refractivity contribution in [2.75, 3.05) is 7.11 Å². The molecule has 0 aromatic carbocycles. The van der Waals surface area contributed by atoms with Gasteiger partial charge in [-0.2, -0.15) is 0 Å². The molecule has 2 nitrogen and oxygen atoms in total. The molecule has 0 aliphatic carbocycles. The molecule has 0 N–H and O–H groups in total. The van der Waals surface area contributed by atoms with Gasteiger partial charge in [-0.3, -0.25) is 4.79 Å². The molecule has 0 aliphatic heterocycles. The van der Waals surface area contributed by atoms with Crippen LogP contribution in [0.15, 0.2) is 0 Å². The number of methoxy groups -OCH3 is 1. The van der Waals surface area contributed by atoms with Crippen molar-refractivity contribution < 1.29 is 9.53 Å². The van der Waals surface area contributed by atoms with Gasteiger partial charge >= 0.3 is 5.97 Å². The van der Waals surface area contributed by atoms with Gasteiger partial charge in [0.1, 0.15) is 0 Å². The molecule has 0 saturated heterocycles. The molecule has 0 heterocycles. The molecule has 0 aliphatic rings. The summed E-state index contributed by atoms with van der Waals surface area (Å²) in [6.07, 6.45) is 13.2. The second-order valence-electron chi connectivity index (χ2n) is 5.18. The Morgan fingerprint density at radius 3 is 2.00 bits per heavy atom. The summed E-state index contributed by atoms with van der Waals surface area (Å²) >= 11 is 0. The van der Waals surface area contributed by atoms with Crippen LogP contribution in [0.25, 0.3) is 0 Å². The van der Waals surface area contributed by atoms with Crippen LogP contribution in [-0.4, -0.2) is 13.1 Å². The van der Waals surface area contributed by atoms with Crippen molar-refractivity contribution in [2.45, 2.75) is 84.0 Å². The van der Waals surface area contributed by atoms with Gasteiger partial charge in [-0.1, -0.05) is 63.7 Å². The SMILES string of the molecule is CCCCCCCCCCC#CCC#CCCC(=O)OC.